The van der Waals surface area contributed by atoms with Crippen LogP contribution in [0.3, 0.4) is 0 Å². The Labute approximate surface area is 94.8 Å². The molecule has 0 radical (unpaired) electrons. The summed E-state index contributed by atoms with van der Waals surface area (Å²) in [6.45, 7) is 3.76. The molecule has 0 aliphatic carbocycles. The molecule has 1 aromatic rings. The van der Waals surface area contributed by atoms with Crippen molar-refractivity contribution in [3.63, 3.8) is 0 Å². The molecule has 4 heteroatoms. The zero-order chi connectivity index (χ0) is 11.4. The first-order valence-electron chi connectivity index (χ1n) is 4.79. The topological polar surface area (TPSA) is 41.1 Å². The minimum absolute atomic E-state index is 0.0633. The van der Waals surface area contributed by atoms with E-state index in [1.54, 1.807) is 14.0 Å². The lowest BCUT2D eigenvalue weighted by molar-refractivity contribution is -0.121. The van der Waals surface area contributed by atoms with Crippen LogP contribution in [0.1, 0.15) is 12.5 Å². The molecule has 0 aromatic heterocycles. The molecule has 0 spiro atoms. The van der Waals surface area contributed by atoms with Crippen LogP contribution in [-0.2, 0) is 4.79 Å². The van der Waals surface area contributed by atoms with E-state index in [1.807, 2.05) is 25.1 Å². The van der Waals surface area contributed by atoms with Crippen molar-refractivity contribution >= 4 is 23.2 Å². The van der Waals surface area contributed by atoms with Gasteiger partial charge in [-0.3, -0.25) is 4.79 Å². The molecule has 1 amide bonds. The number of carbonyl (C=O) groups is 1. The first-order valence-corrected chi connectivity index (χ1v) is 5.16. The summed E-state index contributed by atoms with van der Waals surface area (Å²) in [6, 6.07) is 5.39. The molecule has 1 atom stereocenters. The van der Waals surface area contributed by atoms with E-state index in [2.05, 4.69) is 10.6 Å². The molecule has 1 unspecified atom stereocenters. The first kappa shape index (κ1) is 11.9. The van der Waals surface area contributed by atoms with Gasteiger partial charge in [-0.25, -0.2) is 0 Å². The molecule has 0 bridgehead atoms. The number of hydrogen-bond acceptors (Lipinski definition) is 2. The number of benzene rings is 1. The average Bonchev–Trinajstić information content (AvgIpc) is 2.20. The van der Waals surface area contributed by atoms with E-state index in [0.717, 1.165) is 11.3 Å². The van der Waals surface area contributed by atoms with Crippen LogP contribution >= 0.6 is 11.6 Å². The third-order valence-corrected chi connectivity index (χ3v) is 2.45. The minimum Gasteiger partial charge on any atom is -0.373 e. The van der Waals surface area contributed by atoms with Gasteiger partial charge < -0.3 is 10.6 Å². The molecular formula is C11H15ClN2O. The standard InChI is InChI=1S/C11H15ClN2O/c1-7-4-5-10(9(12)6-7)14-8(2)11(15)13-3/h4-6,8,14H,1-3H3,(H,13,15). The van der Waals surface area contributed by atoms with Crippen LogP contribution in [0.2, 0.25) is 5.02 Å². The molecular weight excluding hydrogens is 212 g/mol. The van der Waals surface area contributed by atoms with Gasteiger partial charge in [0.15, 0.2) is 0 Å². The summed E-state index contributed by atoms with van der Waals surface area (Å²) in [7, 11) is 1.61. The Morgan fingerprint density at radius 3 is 2.67 bits per heavy atom. The summed E-state index contributed by atoms with van der Waals surface area (Å²) in [4.78, 5) is 11.3. The highest BCUT2D eigenvalue weighted by atomic mass is 35.5. The van der Waals surface area contributed by atoms with Gasteiger partial charge in [0.2, 0.25) is 5.91 Å². The second-order valence-corrected chi connectivity index (χ2v) is 3.87. The minimum atomic E-state index is -0.296. The number of carbonyl (C=O) groups excluding carboxylic acids is 1. The SMILES string of the molecule is CNC(=O)C(C)Nc1ccc(C)cc1Cl. The summed E-state index contributed by atoms with van der Waals surface area (Å²) in [6.07, 6.45) is 0. The molecule has 2 N–H and O–H groups in total. The molecule has 3 nitrogen and oxygen atoms in total. The third-order valence-electron chi connectivity index (χ3n) is 2.14. The summed E-state index contributed by atoms with van der Waals surface area (Å²) >= 11 is 6.03. The van der Waals surface area contributed by atoms with Crippen molar-refractivity contribution in [1.29, 1.82) is 0 Å². The van der Waals surface area contributed by atoms with Gasteiger partial charge in [-0.15, -0.1) is 0 Å². The van der Waals surface area contributed by atoms with Crippen molar-refractivity contribution in [3.05, 3.63) is 28.8 Å². The zero-order valence-electron chi connectivity index (χ0n) is 9.10. The normalized spacial score (nSPS) is 12.0. The maximum Gasteiger partial charge on any atom is 0.241 e. The van der Waals surface area contributed by atoms with Crippen LogP contribution < -0.4 is 10.6 Å². The number of anilines is 1. The Kier molecular flexibility index (Phi) is 3.97. The van der Waals surface area contributed by atoms with Gasteiger partial charge >= 0.3 is 0 Å². The quantitative estimate of drug-likeness (QED) is 0.830. The van der Waals surface area contributed by atoms with E-state index in [9.17, 15) is 4.79 Å². The van der Waals surface area contributed by atoms with Crippen molar-refractivity contribution in [3.8, 4) is 0 Å². The summed E-state index contributed by atoms with van der Waals surface area (Å²) in [5.74, 6) is -0.0633. The number of rotatable bonds is 3. The molecule has 1 rings (SSSR count). The number of aryl methyl sites for hydroxylation is 1. The fourth-order valence-corrected chi connectivity index (χ4v) is 1.54. The van der Waals surface area contributed by atoms with Gasteiger partial charge in [-0.05, 0) is 31.5 Å². The number of nitrogens with one attached hydrogen (secondary N) is 2. The highest BCUT2D eigenvalue weighted by Gasteiger charge is 2.11. The predicted octanol–water partition coefficient (Wildman–Crippen LogP) is 2.19. The summed E-state index contributed by atoms with van der Waals surface area (Å²) in [5.41, 5.74) is 1.87. The summed E-state index contributed by atoms with van der Waals surface area (Å²) in [5, 5.41) is 6.25. The van der Waals surface area contributed by atoms with E-state index >= 15 is 0 Å². The monoisotopic (exact) mass is 226 g/mol. The highest BCUT2D eigenvalue weighted by Crippen LogP contribution is 2.23. The van der Waals surface area contributed by atoms with Crippen molar-refractivity contribution in [2.24, 2.45) is 0 Å². The first-order chi connectivity index (χ1) is 7.04. The molecule has 0 aliphatic heterocycles. The summed E-state index contributed by atoms with van der Waals surface area (Å²) < 4.78 is 0. The van der Waals surface area contributed by atoms with E-state index in [0.29, 0.717) is 5.02 Å². The van der Waals surface area contributed by atoms with Crippen LogP contribution in [0.15, 0.2) is 18.2 Å². The molecule has 1 aromatic carbocycles. The van der Waals surface area contributed by atoms with E-state index < -0.39 is 0 Å². The molecule has 15 heavy (non-hydrogen) atoms. The predicted molar refractivity (Wildman–Crippen MR) is 63.3 cm³/mol. The van der Waals surface area contributed by atoms with Crippen LogP contribution in [-0.4, -0.2) is 19.0 Å². The maximum atomic E-state index is 11.3. The van der Waals surface area contributed by atoms with Gasteiger partial charge in [0.1, 0.15) is 6.04 Å². The van der Waals surface area contributed by atoms with Gasteiger partial charge in [-0.1, -0.05) is 17.7 Å². The molecule has 0 saturated carbocycles. The average molecular weight is 227 g/mol. The second kappa shape index (κ2) is 5.03. The Bertz CT molecular complexity index is 366. The van der Waals surface area contributed by atoms with Crippen LogP contribution in [0.4, 0.5) is 5.69 Å². The van der Waals surface area contributed by atoms with E-state index in [-0.39, 0.29) is 11.9 Å². The van der Waals surface area contributed by atoms with Crippen molar-refractivity contribution < 1.29 is 4.79 Å². The number of likely N-dealkylation sites (N-methyl/N-ethyl adjacent to an activating group) is 1. The molecule has 0 heterocycles. The van der Waals surface area contributed by atoms with Gasteiger partial charge in [-0.2, -0.15) is 0 Å². The van der Waals surface area contributed by atoms with Crippen LogP contribution in [0.5, 0.6) is 0 Å². The number of halogens is 1. The van der Waals surface area contributed by atoms with E-state index in [1.165, 1.54) is 0 Å². The Hall–Kier alpha value is -1.22. The van der Waals surface area contributed by atoms with Gasteiger partial charge in [0.05, 0.1) is 10.7 Å². The fraction of sp³-hybridized carbons (Fsp3) is 0.364. The smallest absolute Gasteiger partial charge is 0.241 e. The van der Waals surface area contributed by atoms with Crippen molar-refractivity contribution in [1.82, 2.24) is 5.32 Å². The van der Waals surface area contributed by atoms with Crippen molar-refractivity contribution in [2.75, 3.05) is 12.4 Å². The van der Waals surface area contributed by atoms with Gasteiger partial charge in [0, 0.05) is 7.05 Å². The molecule has 0 aliphatic rings. The lowest BCUT2D eigenvalue weighted by Gasteiger charge is -2.14. The van der Waals surface area contributed by atoms with Crippen molar-refractivity contribution in [2.45, 2.75) is 19.9 Å². The highest BCUT2D eigenvalue weighted by molar-refractivity contribution is 6.33. The third kappa shape index (κ3) is 3.13. The Balaban J connectivity index is 2.76. The zero-order valence-corrected chi connectivity index (χ0v) is 9.85. The largest absolute Gasteiger partial charge is 0.373 e. The fourth-order valence-electron chi connectivity index (χ4n) is 1.25. The second-order valence-electron chi connectivity index (χ2n) is 3.46. The lowest BCUT2D eigenvalue weighted by Crippen LogP contribution is -2.35. The Morgan fingerprint density at radius 2 is 2.13 bits per heavy atom. The van der Waals surface area contributed by atoms with E-state index in [4.69, 9.17) is 11.6 Å². The van der Waals surface area contributed by atoms with Crippen LogP contribution in [0.25, 0.3) is 0 Å². The lowest BCUT2D eigenvalue weighted by atomic mass is 10.2. The molecule has 0 saturated heterocycles. The molecule has 82 valence electrons. The number of amides is 1. The molecule has 0 fully saturated rings. The Morgan fingerprint density at radius 1 is 1.47 bits per heavy atom. The number of hydrogen-bond donors (Lipinski definition) is 2. The maximum absolute atomic E-state index is 11.3. The van der Waals surface area contributed by atoms with Crippen LogP contribution in [0, 0.1) is 6.92 Å². The van der Waals surface area contributed by atoms with Gasteiger partial charge in [0.25, 0.3) is 0 Å².